The number of aromatic nitrogens is 2. The number of hydrogen-bond acceptors (Lipinski definition) is 4. The van der Waals surface area contributed by atoms with Crippen molar-refractivity contribution in [3.8, 4) is 0 Å². The Morgan fingerprint density at radius 2 is 2.11 bits per heavy atom. The van der Waals surface area contributed by atoms with Crippen molar-refractivity contribution in [1.29, 1.82) is 0 Å². The monoisotopic (exact) mass is 245 g/mol. The number of esters is 1. The molecule has 0 spiro atoms. The number of carbonyl (C=O) groups is 1. The third-order valence-corrected chi connectivity index (χ3v) is 2.47. The summed E-state index contributed by atoms with van der Waals surface area (Å²) in [5, 5.41) is 4.12. The van der Waals surface area contributed by atoms with Gasteiger partial charge in [-0.25, -0.2) is 4.79 Å². The fraction of sp³-hybridized carbons (Fsp3) is 0.231. The molecule has 0 aliphatic rings. The Morgan fingerprint density at radius 3 is 2.78 bits per heavy atom. The highest BCUT2D eigenvalue weighted by atomic mass is 16.5. The van der Waals surface area contributed by atoms with E-state index in [-0.39, 0.29) is 5.97 Å². The maximum absolute atomic E-state index is 11.5. The van der Waals surface area contributed by atoms with E-state index in [1.54, 1.807) is 17.8 Å². The number of nitrogens with zero attached hydrogens (tertiary/aromatic N) is 2. The van der Waals surface area contributed by atoms with Gasteiger partial charge in [0.25, 0.3) is 0 Å². The minimum atomic E-state index is -0.346. The van der Waals surface area contributed by atoms with E-state index in [9.17, 15) is 4.79 Å². The number of nitrogens with two attached hydrogens (primary N) is 1. The summed E-state index contributed by atoms with van der Waals surface area (Å²) in [5.41, 5.74) is 7.88. The molecule has 0 bridgehead atoms. The lowest BCUT2D eigenvalue weighted by Gasteiger charge is -2.02. The number of benzene rings is 1. The summed E-state index contributed by atoms with van der Waals surface area (Å²) in [6.45, 7) is 2.73. The predicted molar refractivity (Wildman–Crippen MR) is 68.1 cm³/mol. The first-order chi connectivity index (χ1) is 8.69. The number of anilines is 1. The number of hydrogen-bond donors (Lipinski definition) is 1. The van der Waals surface area contributed by atoms with Crippen LogP contribution in [-0.4, -0.2) is 22.4 Å². The van der Waals surface area contributed by atoms with Crippen LogP contribution in [0.4, 0.5) is 5.69 Å². The Kier molecular flexibility index (Phi) is 3.62. The second-order valence-electron chi connectivity index (χ2n) is 3.89. The summed E-state index contributed by atoms with van der Waals surface area (Å²) < 4.78 is 6.59. The first kappa shape index (κ1) is 12.2. The Labute approximate surface area is 105 Å². The molecule has 0 saturated heterocycles. The number of rotatable bonds is 4. The van der Waals surface area contributed by atoms with Gasteiger partial charge in [-0.2, -0.15) is 5.10 Å². The molecule has 0 amide bonds. The van der Waals surface area contributed by atoms with E-state index >= 15 is 0 Å². The maximum atomic E-state index is 11.5. The van der Waals surface area contributed by atoms with Gasteiger partial charge in [0.15, 0.2) is 0 Å². The predicted octanol–water partition coefficient (Wildman–Crippen LogP) is 1.69. The molecule has 1 aromatic carbocycles. The van der Waals surface area contributed by atoms with E-state index in [0.29, 0.717) is 18.7 Å². The minimum absolute atomic E-state index is 0.346. The second kappa shape index (κ2) is 5.35. The lowest BCUT2D eigenvalue weighted by atomic mass is 10.2. The molecule has 0 atom stereocenters. The third kappa shape index (κ3) is 2.88. The van der Waals surface area contributed by atoms with Crippen LogP contribution < -0.4 is 5.73 Å². The van der Waals surface area contributed by atoms with E-state index in [2.05, 4.69) is 5.10 Å². The van der Waals surface area contributed by atoms with Gasteiger partial charge in [-0.15, -0.1) is 0 Å². The zero-order chi connectivity index (χ0) is 13.0. The summed E-state index contributed by atoms with van der Waals surface area (Å²) in [5.74, 6) is -0.346. The van der Waals surface area contributed by atoms with Gasteiger partial charge >= 0.3 is 5.97 Å². The van der Waals surface area contributed by atoms with Gasteiger partial charge in [0.2, 0.25) is 0 Å². The van der Waals surface area contributed by atoms with Crippen LogP contribution in [0.5, 0.6) is 0 Å². The van der Waals surface area contributed by atoms with Crippen molar-refractivity contribution < 1.29 is 9.53 Å². The summed E-state index contributed by atoms with van der Waals surface area (Å²) in [7, 11) is 0. The second-order valence-corrected chi connectivity index (χ2v) is 3.89. The fourth-order valence-corrected chi connectivity index (χ4v) is 1.58. The minimum Gasteiger partial charge on any atom is -0.462 e. The molecule has 1 aromatic heterocycles. The summed E-state index contributed by atoms with van der Waals surface area (Å²) in [6.07, 6.45) is 3.18. The van der Waals surface area contributed by atoms with Gasteiger partial charge in [0, 0.05) is 11.9 Å². The molecule has 2 N–H and O–H groups in total. The SMILES string of the molecule is CCOC(=O)c1cnn(Cc2ccc(N)cc2)c1. The molecule has 0 fully saturated rings. The van der Waals surface area contributed by atoms with Gasteiger partial charge < -0.3 is 10.5 Å². The van der Waals surface area contributed by atoms with E-state index < -0.39 is 0 Å². The Balaban J connectivity index is 2.06. The lowest BCUT2D eigenvalue weighted by molar-refractivity contribution is 0.0526. The van der Waals surface area contributed by atoms with Crippen LogP contribution in [0, 0.1) is 0 Å². The van der Waals surface area contributed by atoms with Gasteiger partial charge in [0.05, 0.1) is 24.9 Å². The molecule has 18 heavy (non-hydrogen) atoms. The van der Waals surface area contributed by atoms with Gasteiger partial charge in [-0.05, 0) is 24.6 Å². The summed E-state index contributed by atoms with van der Waals surface area (Å²) >= 11 is 0. The number of ether oxygens (including phenoxy) is 1. The van der Waals surface area contributed by atoms with Crippen LogP contribution in [0.25, 0.3) is 0 Å². The molecule has 2 aromatic rings. The molecule has 0 radical (unpaired) electrons. The Morgan fingerprint density at radius 1 is 1.39 bits per heavy atom. The van der Waals surface area contributed by atoms with Crippen LogP contribution in [-0.2, 0) is 11.3 Å². The lowest BCUT2D eigenvalue weighted by Crippen LogP contribution is -2.04. The van der Waals surface area contributed by atoms with E-state index in [1.807, 2.05) is 24.3 Å². The molecule has 0 unspecified atom stereocenters. The van der Waals surface area contributed by atoms with E-state index in [4.69, 9.17) is 10.5 Å². The van der Waals surface area contributed by atoms with Crippen molar-refractivity contribution in [3.05, 3.63) is 47.8 Å². The molecule has 1 heterocycles. The van der Waals surface area contributed by atoms with E-state index in [0.717, 1.165) is 11.3 Å². The Hall–Kier alpha value is -2.30. The molecule has 0 aliphatic heterocycles. The van der Waals surface area contributed by atoms with Crippen molar-refractivity contribution in [2.45, 2.75) is 13.5 Å². The largest absolute Gasteiger partial charge is 0.462 e. The highest BCUT2D eigenvalue weighted by Crippen LogP contribution is 2.08. The van der Waals surface area contributed by atoms with Crippen LogP contribution >= 0.6 is 0 Å². The molecule has 94 valence electrons. The van der Waals surface area contributed by atoms with Gasteiger partial charge in [-0.1, -0.05) is 12.1 Å². The highest BCUT2D eigenvalue weighted by molar-refractivity contribution is 5.88. The van der Waals surface area contributed by atoms with Crippen molar-refractivity contribution in [2.24, 2.45) is 0 Å². The first-order valence-corrected chi connectivity index (χ1v) is 5.73. The van der Waals surface area contributed by atoms with Crippen molar-refractivity contribution in [2.75, 3.05) is 12.3 Å². The zero-order valence-electron chi connectivity index (χ0n) is 10.2. The average Bonchev–Trinajstić information content (AvgIpc) is 2.81. The molecule has 2 rings (SSSR count). The standard InChI is InChI=1S/C13H15N3O2/c1-2-18-13(17)11-7-15-16(9-11)8-10-3-5-12(14)6-4-10/h3-7,9H,2,8,14H2,1H3. The summed E-state index contributed by atoms with van der Waals surface area (Å²) in [6, 6.07) is 7.54. The molecule has 5 heteroatoms. The van der Waals surface area contributed by atoms with Crippen molar-refractivity contribution >= 4 is 11.7 Å². The van der Waals surface area contributed by atoms with Crippen LogP contribution in [0.15, 0.2) is 36.7 Å². The topological polar surface area (TPSA) is 70.1 Å². The normalized spacial score (nSPS) is 10.3. The third-order valence-electron chi connectivity index (χ3n) is 2.47. The van der Waals surface area contributed by atoms with Gasteiger partial charge in [-0.3, -0.25) is 4.68 Å². The van der Waals surface area contributed by atoms with Gasteiger partial charge in [0.1, 0.15) is 0 Å². The van der Waals surface area contributed by atoms with Crippen molar-refractivity contribution in [3.63, 3.8) is 0 Å². The molecule has 5 nitrogen and oxygen atoms in total. The smallest absolute Gasteiger partial charge is 0.341 e. The highest BCUT2D eigenvalue weighted by Gasteiger charge is 2.09. The average molecular weight is 245 g/mol. The van der Waals surface area contributed by atoms with Crippen LogP contribution in [0.2, 0.25) is 0 Å². The number of nitrogen functional groups attached to an aromatic ring is 1. The van der Waals surface area contributed by atoms with Crippen molar-refractivity contribution in [1.82, 2.24) is 9.78 Å². The zero-order valence-corrected chi connectivity index (χ0v) is 10.2. The quantitative estimate of drug-likeness (QED) is 0.657. The molecule has 0 saturated carbocycles. The summed E-state index contributed by atoms with van der Waals surface area (Å²) in [4.78, 5) is 11.5. The fourth-order valence-electron chi connectivity index (χ4n) is 1.58. The van der Waals surface area contributed by atoms with Crippen LogP contribution in [0.3, 0.4) is 0 Å². The van der Waals surface area contributed by atoms with E-state index in [1.165, 1.54) is 6.20 Å². The maximum Gasteiger partial charge on any atom is 0.341 e. The Bertz CT molecular complexity index is 531. The van der Waals surface area contributed by atoms with Crippen LogP contribution in [0.1, 0.15) is 22.8 Å². The number of carbonyl (C=O) groups excluding carboxylic acids is 1. The first-order valence-electron chi connectivity index (χ1n) is 5.73. The molecular weight excluding hydrogens is 230 g/mol. The molecule has 0 aliphatic carbocycles. The molecular formula is C13H15N3O2.